The molecule has 1 aliphatic rings. The molecule has 1 aliphatic carbocycles. The Morgan fingerprint density at radius 1 is 0.722 bits per heavy atom. The molecule has 1 fully saturated rings. The Balaban J connectivity index is 1.48. The van der Waals surface area contributed by atoms with E-state index >= 15 is 0 Å². The van der Waals surface area contributed by atoms with Gasteiger partial charge in [0, 0.05) is 11.1 Å². The maximum absolute atomic E-state index is 14.9. The van der Waals surface area contributed by atoms with Crippen molar-refractivity contribution in [1.82, 2.24) is 0 Å². The highest BCUT2D eigenvalue weighted by Gasteiger charge is 2.25. The summed E-state index contributed by atoms with van der Waals surface area (Å²) in [5.41, 5.74) is 2.59. The van der Waals surface area contributed by atoms with Gasteiger partial charge in [-0.3, -0.25) is 0 Å². The molecule has 0 radical (unpaired) electrons. The lowest BCUT2D eigenvalue weighted by atomic mass is 9.77. The molecular weight excluding hydrogens is 460 g/mol. The van der Waals surface area contributed by atoms with Crippen LogP contribution in [0, 0.1) is 29.2 Å². The van der Waals surface area contributed by atoms with Crippen molar-refractivity contribution in [3.8, 4) is 11.1 Å². The van der Waals surface area contributed by atoms with Crippen molar-refractivity contribution in [2.45, 2.75) is 71.1 Å². The third-order valence-corrected chi connectivity index (χ3v) is 7.64. The zero-order chi connectivity index (χ0) is 25.7. The molecule has 3 aromatic carbocycles. The predicted octanol–water partition coefficient (Wildman–Crippen LogP) is 10.1. The molecular formula is C32H34F4. The molecule has 36 heavy (non-hydrogen) atoms. The van der Waals surface area contributed by atoms with Crippen molar-refractivity contribution < 1.29 is 17.6 Å². The maximum atomic E-state index is 14.9. The number of halogens is 4. The van der Waals surface area contributed by atoms with E-state index in [1.165, 1.54) is 0 Å². The second-order valence-electron chi connectivity index (χ2n) is 9.96. The Morgan fingerprint density at radius 3 is 2.11 bits per heavy atom. The predicted molar refractivity (Wildman–Crippen MR) is 141 cm³/mol. The summed E-state index contributed by atoms with van der Waals surface area (Å²) in [5, 5.41) is 0. The molecule has 0 saturated heterocycles. The van der Waals surface area contributed by atoms with Crippen molar-refractivity contribution >= 4 is 12.2 Å². The first-order valence-electron chi connectivity index (χ1n) is 13.2. The fourth-order valence-corrected chi connectivity index (χ4v) is 5.24. The SMILES string of the molecule is CCCCc1ccc(-c2ccc(C=Cc3ccc(C4CCC(CC)CC4)c(F)c3F)cc2)c(F)c1F. The third-order valence-electron chi connectivity index (χ3n) is 7.64. The standard InChI is InChI=1S/C32H34F4/c1-3-5-6-25-17-19-27(31(35)29(25)33)24-14-9-22(10-15-24)11-16-26-18-20-28(32(36)30(26)34)23-12-7-21(4-2)8-13-23/h9-11,14-21,23H,3-8,12-13H2,1-2H3. The summed E-state index contributed by atoms with van der Waals surface area (Å²) >= 11 is 0. The first kappa shape index (κ1) is 26.2. The summed E-state index contributed by atoms with van der Waals surface area (Å²) < 4.78 is 58.8. The molecule has 190 valence electrons. The Bertz CT molecular complexity index is 1200. The first-order valence-corrected chi connectivity index (χ1v) is 13.2. The number of aryl methyl sites for hydroxylation is 1. The van der Waals surface area contributed by atoms with Gasteiger partial charge in [-0.2, -0.15) is 0 Å². The van der Waals surface area contributed by atoms with Crippen molar-refractivity contribution in [1.29, 1.82) is 0 Å². The Labute approximate surface area is 212 Å². The van der Waals surface area contributed by atoms with Crippen LogP contribution in [0.3, 0.4) is 0 Å². The maximum Gasteiger partial charge on any atom is 0.166 e. The van der Waals surface area contributed by atoms with Crippen LogP contribution in [0.1, 0.15) is 87.0 Å². The fraction of sp³-hybridized carbons (Fsp3) is 0.375. The normalized spacial score (nSPS) is 18.2. The number of hydrogen-bond donors (Lipinski definition) is 0. The smallest absolute Gasteiger partial charge is 0.166 e. The summed E-state index contributed by atoms with van der Waals surface area (Å²) in [5.74, 6) is -2.41. The van der Waals surface area contributed by atoms with Crippen LogP contribution >= 0.6 is 0 Å². The molecule has 0 amide bonds. The van der Waals surface area contributed by atoms with E-state index < -0.39 is 23.3 Å². The lowest BCUT2D eigenvalue weighted by Crippen LogP contribution is -2.14. The summed E-state index contributed by atoms with van der Waals surface area (Å²) in [6.45, 7) is 4.20. The Kier molecular flexibility index (Phi) is 8.66. The van der Waals surface area contributed by atoms with Gasteiger partial charge in [0.15, 0.2) is 23.3 Å². The minimum atomic E-state index is -0.840. The Hall–Kier alpha value is -2.88. The molecule has 0 aromatic heterocycles. The first-order chi connectivity index (χ1) is 17.4. The van der Waals surface area contributed by atoms with Crippen molar-refractivity contribution in [2.75, 3.05) is 0 Å². The van der Waals surface area contributed by atoms with Gasteiger partial charge < -0.3 is 0 Å². The van der Waals surface area contributed by atoms with Gasteiger partial charge in [0.2, 0.25) is 0 Å². The number of rotatable bonds is 8. The van der Waals surface area contributed by atoms with Crippen LogP contribution in [0.2, 0.25) is 0 Å². The van der Waals surface area contributed by atoms with E-state index in [1.54, 1.807) is 60.7 Å². The average Bonchev–Trinajstić information content (AvgIpc) is 2.91. The van der Waals surface area contributed by atoms with Crippen LogP contribution in [-0.2, 0) is 6.42 Å². The minimum absolute atomic E-state index is 0.0822. The van der Waals surface area contributed by atoms with E-state index in [1.807, 2.05) is 6.92 Å². The van der Waals surface area contributed by atoms with Crippen LogP contribution in [0.15, 0.2) is 48.5 Å². The lowest BCUT2D eigenvalue weighted by Gasteiger charge is -2.28. The van der Waals surface area contributed by atoms with Crippen LogP contribution in [0.5, 0.6) is 0 Å². The van der Waals surface area contributed by atoms with E-state index in [9.17, 15) is 17.6 Å². The molecule has 1 saturated carbocycles. The highest BCUT2D eigenvalue weighted by molar-refractivity contribution is 5.72. The van der Waals surface area contributed by atoms with Crippen molar-refractivity contribution in [2.24, 2.45) is 5.92 Å². The summed E-state index contributed by atoms with van der Waals surface area (Å²) in [6, 6.07) is 13.5. The van der Waals surface area contributed by atoms with Gasteiger partial charge >= 0.3 is 0 Å². The third kappa shape index (κ3) is 5.74. The molecule has 0 heterocycles. The van der Waals surface area contributed by atoms with Gasteiger partial charge in [-0.15, -0.1) is 0 Å². The van der Waals surface area contributed by atoms with Gasteiger partial charge in [0.05, 0.1) is 0 Å². The van der Waals surface area contributed by atoms with Gasteiger partial charge in [0.25, 0.3) is 0 Å². The minimum Gasteiger partial charge on any atom is -0.203 e. The van der Waals surface area contributed by atoms with Crippen LogP contribution < -0.4 is 0 Å². The van der Waals surface area contributed by atoms with E-state index in [4.69, 9.17) is 0 Å². The zero-order valence-electron chi connectivity index (χ0n) is 21.1. The number of hydrogen-bond acceptors (Lipinski definition) is 0. The monoisotopic (exact) mass is 494 g/mol. The molecule has 0 aliphatic heterocycles. The highest BCUT2D eigenvalue weighted by atomic mass is 19.2. The van der Waals surface area contributed by atoms with Crippen LogP contribution in [-0.4, -0.2) is 0 Å². The fourth-order valence-electron chi connectivity index (χ4n) is 5.24. The van der Waals surface area contributed by atoms with Crippen LogP contribution in [0.25, 0.3) is 23.3 Å². The van der Waals surface area contributed by atoms with Crippen molar-refractivity contribution in [3.63, 3.8) is 0 Å². The van der Waals surface area contributed by atoms with E-state index in [2.05, 4.69) is 6.92 Å². The van der Waals surface area contributed by atoms with Gasteiger partial charge in [-0.25, -0.2) is 17.6 Å². The zero-order valence-corrected chi connectivity index (χ0v) is 21.1. The topological polar surface area (TPSA) is 0 Å². The summed E-state index contributed by atoms with van der Waals surface area (Å²) in [7, 11) is 0. The molecule has 0 nitrogen and oxygen atoms in total. The van der Waals surface area contributed by atoms with E-state index in [0.29, 0.717) is 29.0 Å². The lowest BCUT2D eigenvalue weighted by molar-refractivity contribution is 0.312. The van der Waals surface area contributed by atoms with Crippen molar-refractivity contribution in [3.05, 3.63) is 94.1 Å². The molecule has 0 bridgehead atoms. The average molecular weight is 495 g/mol. The number of benzene rings is 3. The van der Waals surface area contributed by atoms with Gasteiger partial charge in [-0.05, 0) is 72.6 Å². The molecule has 4 rings (SSSR count). The number of unbranched alkanes of at least 4 members (excludes halogenated alkanes) is 1. The molecule has 4 heteroatoms. The van der Waals surface area contributed by atoms with Gasteiger partial charge in [0.1, 0.15) is 0 Å². The summed E-state index contributed by atoms with van der Waals surface area (Å²) in [6.07, 6.45) is 10.6. The Morgan fingerprint density at radius 2 is 1.44 bits per heavy atom. The largest absolute Gasteiger partial charge is 0.203 e. The molecule has 0 unspecified atom stereocenters. The second-order valence-corrected chi connectivity index (χ2v) is 9.96. The summed E-state index contributed by atoms with van der Waals surface area (Å²) in [4.78, 5) is 0. The molecule has 0 spiro atoms. The molecule has 0 atom stereocenters. The van der Waals surface area contributed by atoms with E-state index in [0.717, 1.165) is 50.5 Å². The van der Waals surface area contributed by atoms with Gasteiger partial charge in [-0.1, -0.05) is 87.4 Å². The quantitative estimate of drug-likeness (QED) is 0.216. The highest BCUT2D eigenvalue weighted by Crippen LogP contribution is 2.38. The van der Waals surface area contributed by atoms with E-state index in [-0.39, 0.29) is 17.0 Å². The molecule has 0 N–H and O–H groups in total. The second kappa shape index (κ2) is 11.9. The molecule has 3 aromatic rings. The van der Waals surface area contributed by atoms with Crippen LogP contribution in [0.4, 0.5) is 17.6 Å².